The van der Waals surface area contributed by atoms with Gasteiger partial charge in [-0.25, -0.2) is 0 Å². The van der Waals surface area contributed by atoms with E-state index in [1.807, 2.05) is 6.92 Å². The van der Waals surface area contributed by atoms with Crippen LogP contribution in [0.2, 0.25) is 0 Å². The number of nitrogens with two attached hydrogens (primary N) is 2. The molecule has 0 spiro atoms. The summed E-state index contributed by atoms with van der Waals surface area (Å²) in [4.78, 5) is 0. The van der Waals surface area contributed by atoms with Gasteiger partial charge in [-0.05, 0) is 37.3 Å². The molecule has 1 aromatic rings. The van der Waals surface area contributed by atoms with Crippen LogP contribution in [0.3, 0.4) is 0 Å². The molecule has 0 saturated heterocycles. The second-order valence-electron chi connectivity index (χ2n) is 4.32. The number of benzene rings is 1. The molecule has 0 bridgehead atoms. The van der Waals surface area contributed by atoms with Crippen molar-refractivity contribution in [2.24, 2.45) is 11.5 Å². The lowest BCUT2D eigenvalue weighted by Crippen LogP contribution is -2.23. The highest BCUT2D eigenvalue weighted by Crippen LogP contribution is 2.13. The maximum absolute atomic E-state index is 5.97. The summed E-state index contributed by atoms with van der Waals surface area (Å²) in [5.74, 6) is 0. The van der Waals surface area contributed by atoms with Crippen molar-refractivity contribution in [3.8, 4) is 0 Å². The highest BCUT2D eigenvalue weighted by atomic mass is 14.6. The minimum atomic E-state index is 0.212. The van der Waals surface area contributed by atoms with Crippen LogP contribution in [0.4, 0.5) is 0 Å². The Bertz CT molecular complexity index is 294. The van der Waals surface area contributed by atoms with Crippen molar-refractivity contribution in [3.05, 3.63) is 35.4 Å². The van der Waals surface area contributed by atoms with Crippen LogP contribution < -0.4 is 11.5 Å². The Morgan fingerprint density at radius 1 is 1.07 bits per heavy atom. The van der Waals surface area contributed by atoms with E-state index in [4.69, 9.17) is 11.5 Å². The molecule has 2 heteroatoms. The Labute approximate surface area is 92.7 Å². The zero-order valence-corrected chi connectivity index (χ0v) is 9.74. The third-order valence-electron chi connectivity index (χ3n) is 2.67. The van der Waals surface area contributed by atoms with E-state index in [1.54, 1.807) is 0 Å². The molecule has 2 unspecified atom stereocenters. The molecule has 2 atom stereocenters. The molecule has 2 nitrogen and oxygen atoms in total. The molecule has 0 aromatic heterocycles. The summed E-state index contributed by atoms with van der Waals surface area (Å²) < 4.78 is 0. The third kappa shape index (κ3) is 4.02. The normalized spacial score (nSPS) is 14.9. The minimum absolute atomic E-state index is 0.212. The average Bonchev–Trinajstić information content (AvgIpc) is 2.20. The summed E-state index contributed by atoms with van der Waals surface area (Å²) >= 11 is 0. The molecule has 84 valence electrons. The Morgan fingerprint density at radius 3 is 2.07 bits per heavy atom. The van der Waals surface area contributed by atoms with Gasteiger partial charge in [-0.15, -0.1) is 0 Å². The Balaban J connectivity index is 2.76. The van der Waals surface area contributed by atoms with Crippen molar-refractivity contribution in [3.63, 3.8) is 0 Å². The van der Waals surface area contributed by atoms with Gasteiger partial charge in [-0.2, -0.15) is 0 Å². The Morgan fingerprint density at radius 2 is 1.60 bits per heavy atom. The van der Waals surface area contributed by atoms with E-state index in [0.29, 0.717) is 0 Å². The van der Waals surface area contributed by atoms with E-state index in [2.05, 4.69) is 31.2 Å². The van der Waals surface area contributed by atoms with Crippen molar-refractivity contribution < 1.29 is 0 Å². The van der Waals surface area contributed by atoms with Crippen LogP contribution in [0, 0.1) is 0 Å². The third-order valence-corrected chi connectivity index (χ3v) is 2.67. The fraction of sp³-hybridized carbons (Fsp3) is 0.538. The molecule has 1 aromatic carbocycles. The smallest absolute Gasteiger partial charge is 0.00767 e. The molecule has 0 aliphatic rings. The summed E-state index contributed by atoms with van der Waals surface area (Å²) in [7, 11) is 0. The van der Waals surface area contributed by atoms with Crippen molar-refractivity contribution in [2.45, 2.75) is 45.2 Å². The number of rotatable bonds is 5. The van der Waals surface area contributed by atoms with Gasteiger partial charge in [0.1, 0.15) is 0 Å². The monoisotopic (exact) mass is 206 g/mol. The Hall–Kier alpha value is -0.860. The highest BCUT2D eigenvalue weighted by molar-refractivity contribution is 5.28. The zero-order valence-electron chi connectivity index (χ0n) is 9.74. The molecular weight excluding hydrogens is 184 g/mol. The van der Waals surface area contributed by atoms with Crippen molar-refractivity contribution in [1.29, 1.82) is 0 Å². The SMILES string of the molecule is CCC(N)Cc1ccccc1CC(C)N. The molecule has 0 amide bonds. The van der Waals surface area contributed by atoms with Crippen LogP contribution in [-0.2, 0) is 12.8 Å². The van der Waals surface area contributed by atoms with Gasteiger partial charge in [-0.3, -0.25) is 0 Å². The van der Waals surface area contributed by atoms with Gasteiger partial charge in [0.2, 0.25) is 0 Å². The van der Waals surface area contributed by atoms with Crippen LogP contribution in [0.1, 0.15) is 31.4 Å². The van der Waals surface area contributed by atoms with Gasteiger partial charge in [0, 0.05) is 12.1 Å². The van der Waals surface area contributed by atoms with Crippen LogP contribution in [0.25, 0.3) is 0 Å². The van der Waals surface area contributed by atoms with Gasteiger partial charge in [0.15, 0.2) is 0 Å². The first-order chi connectivity index (χ1) is 7.13. The first kappa shape index (κ1) is 12.2. The number of hydrogen-bond donors (Lipinski definition) is 2. The first-order valence-corrected chi connectivity index (χ1v) is 5.71. The first-order valence-electron chi connectivity index (χ1n) is 5.71. The minimum Gasteiger partial charge on any atom is -0.328 e. The predicted molar refractivity (Wildman–Crippen MR) is 65.8 cm³/mol. The summed E-state index contributed by atoms with van der Waals surface area (Å²) in [5, 5.41) is 0. The molecule has 0 aliphatic heterocycles. The van der Waals surface area contributed by atoms with E-state index in [9.17, 15) is 0 Å². The molecule has 0 radical (unpaired) electrons. The summed E-state index contributed by atoms with van der Waals surface area (Å²) in [5.41, 5.74) is 14.5. The topological polar surface area (TPSA) is 52.0 Å². The van der Waals surface area contributed by atoms with E-state index in [0.717, 1.165) is 19.3 Å². The Kier molecular flexibility index (Phi) is 4.79. The van der Waals surface area contributed by atoms with Gasteiger partial charge < -0.3 is 11.5 Å². The van der Waals surface area contributed by atoms with E-state index in [-0.39, 0.29) is 12.1 Å². The lowest BCUT2D eigenvalue weighted by Gasteiger charge is -2.14. The van der Waals surface area contributed by atoms with E-state index < -0.39 is 0 Å². The largest absolute Gasteiger partial charge is 0.328 e. The van der Waals surface area contributed by atoms with Gasteiger partial charge in [-0.1, -0.05) is 31.2 Å². The van der Waals surface area contributed by atoms with Crippen LogP contribution in [0.15, 0.2) is 24.3 Å². The second kappa shape index (κ2) is 5.89. The van der Waals surface area contributed by atoms with E-state index >= 15 is 0 Å². The fourth-order valence-corrected chi connectivity index (χ4v) is 1.73. The standard InChI is InChI=1S/C13H22N2/c1-3-13(15)9-12-7-5-4-6-11(12)8-10(2)14/h4-7,10,13H,3,8-9,14-15H2,1-2H3. The average molecular weight is 206 g/mol. The van der Waals surface area contributed by atoms with Gasteiger partial charge in [0.05, 0.1) is 0 Å². The molecule has 0 fully saturated rings. The predicted octanol–water partition coefficient (Wildman–Crippen LogP) is 1.86. The van der Waals surface area contributed by atoms with Gasteiger partial charge in [0.25, 0.3) is 0 Å². The van der Waals surface area contributed by atoms with E-state index in [1.165, 1.54) is 11.1 Å². The zero-order chi connectivity index (χ0) is 11.3. The summed E-state index contributed by atoms with van der Waals surface area (Å²) in [6, 6.07) is 8.93. The van der Waals surface area contributed by atoms with Crippen molar-refractivity contribution in [2.75, 3.05) is 0 Å². The molecule has 1 rings (SSSR count). The summed E-state index contributed by atoms with van der Waals surface area (Å²) in [6.45, 7) is 4.16. The fourth-order valence-electron chi connectivity index (χ4n) is 1.73. The van der Waals surface area contributed by atoms with Crippen LogP contribution in [-0.4, -0.2) is 12.1 Å². The quantitative estimate of drug-likeness (QED) is 0.772. The second-order valence-corrected chi connectivity index (χ2v) is 4.32. The molecule has 4 N–H and O–H groups in total. The highest BCUT2D eigenvalue weighted by Gasteiger charge is 2.07. The number of hydrogen-bond acceptors (Lipinski definition) is 2. The molecule has 0 heterocycles. The van der Waals surface area contributed by atoms with Crippen molar-refractivity contribution >= 4 is 0 Å². The van der Waals surface area contributed by atoms with Gasteiger partial charge >= 0.3 is 0 Å². The van der Waals surface area contributed by atoms with Crippen LogP contribution in [0.5, 0.6) is 0 Å². The van der Waals surface area contributed by atoms with Crippen LogP contribution >= 0.6 is 0 Å². The van der Waals surface area contributed by atoms with Crippen molar-refractivity contribution in [1.82, 2.24) is 0 Å². The maximum atomic E-state index is 5.97. The molecule has 0 aliphatic carbocycles. The maximum Gasteiger partial charge on any atom is 0.00767 e. The molecular formula is C13H22N2. The molecule has 15 heavy (non-hydrogen) atoms. The lowest BCUT2D eigenvalue weighted by molar-refractivity contribution is 0.637. The summed E-state index contributed by atoms with van der Waals surface area (Å²) in [6.07, 6.45) is 2.92. The molecule has 0 saturated carbocycles. The lowest BCUT2D eigenvalue weighted by atomic mass is 9.96.